The van der Waals surface area contributed by atoms with Gasteiger partial charge in [-0.05, 0) is 12.8 Å². The third-order valence-electron chi connectivity index (χ3n) is 3.25. The molecule has 1 unspecified atom stereocenters. The van der Waals surface area contributed by atoms with Gasteiger partial charge in [-0.25, -0.2) is 4.72 Å². The van der Waals surface area contributed by atoms with E-state index in [0.29, 0.717) is 26.2 Å². The first kappa shape index (κ1) is 14.4. The Balaban J connectivity index is 1.89. The zero-order valence-corrected chi connectivity index (χ0v) is 11.6. The lowest BCUT2D eigenvalue weighted by Gasteiger charge is -2.33. The Morgan fingerprint density at radius 3 is 2.95 bits per heavy atom. The molecule has 2 rings (SSSR count). The van der Waals surface area contributed by atoms with Crippen LogP contribution in [0.4, 0.5) is 0 Å². The second kappa shape index (κ2) is 6.42. The average molecular weight is 288 g/mol. The summed E-state index contributed by atoms with van der Waals surface area (Å²) in [7, 11) is -3.46. The van der Waals surface area contributed by atoms with Gasteiger partial charge >= 0.3 is 0 Å². The fraction of sp³-hybridized carbons (Fsp3) is 0.800. The summed E-state index contributed by atoms with van der Waals surface area (Å²) in [5.41, 5.74) is 5.64. The highest BCUT2D eigenvalue weighted by molar-refractivity contribution is 7.87. The van der Waals surface area contributed by atoms with Gasteiger partial charge in [0.2, 0.25) is 0 Å². The lowest BCUT2D eigenvalue weighted by molar-refractivity contribution is 0.254. The van der Waals surface area contributed by atoms with Crippen LogP contribution in [0.25, 0.3) is 0 Å². The van der Waals surface area contributed by atoms with Gasteiger partial charge in [0, 0.05) is 31.9 Å². The van der Waals surface area contributed by atoms with E-state index < -0.39 is 10.2 Å². The molecule has 0 radical (unpaired) electrons. The average Bonchev–Trinajstić information content (AvgIpc) is 2.91. The van der Waals surface area contributed by atoms with Crippen molar-refractivity contribution in [3.05, 3.63) is 12.4 Å². The van der Waals surface area contributed by atoms with Gasteiger partial charge in [-0.3, -0.25) is 4.68 Å². The molecule has 0 bridgehead atoms. The van der Waals surface area contributed by atoms with E-state index in [2.05, 4.69) is 15.0 Å². The van der Waals surface area contributed by atoms with Gasteiger partial charge in [0.25, 0.3) is 10.2 Å². The maximum absolute atomic E-state index is 12.2. The van der Waals surface area contributed by atoms with Crippen LogP contribution in [-0.4, -0.2) is 53.4 Å². The molecule has 3 N–H and O–H groups in total. The van der Waals surface area contributed by atoms with Gasteiger partial charge in [-0.1, -0.05) is 11.6 Å². The van der Waals surface area contributed by atoms with Crippen LogP contribution in [0.2, 0.25) is 0 Å². The number of aromatic nitrogens is 3. The molecule has 1 aromatic rings. The molecule has 0 spiro atoms. The van der Waals surface area contributed by atoms with Crippen molar-refractivity contribution in [3.8, 4) is 0 Å². The molecule has 1 saturated heterocycles. The summed E-state index contributed by atoms with van der Waals surface area (Å²) in [6.07, 6.45) is 6.01. The first-order valence-corrected chi connectivity index (χ1v) is 7.88. The van der Waals surface area contributed by atoms with Gasteiger partial charge in [0.15, 0.2) is 0 Å². The van der Waals surface area contributed by atoms with E-state index in [4.69, 9.17) is 5.73 Å². The summed E-state index contributed by atoms with van der Waals surface area (Å²) < 4.78 is 30.0. The largest absolute Gasteiger partial charge is 0.329 e. The van der Waals surface area contributed by atoms with Gasteiger partial charge in [0.1, 0.15) is 0 Å². The second-order valence-corrected chi connectivity index (χ2v) is 6.27. The predicted octanol–water partition coefficient (Wildman–Crippen LogP) is -1.07. The highest BCUT2D eigenvalue weighted by Crippen LogP contribution is 2.18. The minimum absolute atomic E-state index is 0.0855. The molecule has 0 amide bonds. The quantitative estimate of drug-likeness (QED) is 0.693. The third-order valence-corrected chi connectivity index (χ3v) is 4.92. The maximum atomic E-state index is 12.2. The first-order valence-electron chi connectivity index (χ1n) is 6.44. The second-order valence-electron chi connectivity index (χ2n) is 4.56. The van der Waals surface area contributed by atoms with Crippen LogP contribution in [0.15, 0.2) is 12.4 Å². The Hall–Kier alpha value is -1.03. The molecule has 1 aliphatic rings. The summed E-state index contributed by atoms with van der Waals surface area (Å²) in [5, 5.41) is 7.44. The summed E-state index contributed by atoms with van der Waals surface area (Å²) >= 11 is 0. The maximum Gasteiger partial charge on any atom is 0.279 e. The highest BCUT2D eigenvalue weighted by Gasteiger charge is 2.30. The Kier molecular flexibility index (Phi) is 4.86. The Labute approximate surface area is 113 Å². The molecule has 2 heterocycles. The molecule has 0 aromatic carbocycles. The number of rotatable bonds is 6. The van der Waals surface area contributed by atoms with Crippen LogP contribution < -0.4 is 10.5 Å². The molecule has 19 heavy (non-hydrogen) atoms. The SMILES string of the molecule is NCC1CCCCN1S(=O)(=O)NCCn1ccnn1. The summed E-state index contributed by atoms with van der Waals surface area (Å²) in [5.74, 6) is 0. The van der Waals surface area contributed by atoms with Crippen molar-refractivity contribution in [3.63, 3.8) is 0 Å². The molecule has 1 atom stereocenters. The van der Waals surface area contributed by atoms with Crippen LogP contribution in [0.5, 0.6) is 0 Å². The smallest absolute Gasteiger partial charge is 0.279 e. The van der Waals surface area contributed by atoms with Gasteiger partial charge in [0.05, 0.1) is 12.7 Å². The zero-order valence-electron chi connectivity index (χ0n) is 10.8. The summed E-state index contributed by atoms with van der Waals surface area (Å²) in [4.78, 5) is 0. The minimum atomic E-state index is -3.46. The predicted molar refractivity (Wildman–Crippen MR) is 70.3 cm³/mol. The van der Waals surface area contributed by atoms with E-state index in [1.807, 2.05) is 0 Å². The van der Waals surface area contributed by atoms with E-state index in [1.165, 1.54) is 4.31 Å². The molecular weight excluding hydrogens is 268 g/mol. The fourth-order valence-corrected chi connectivity index (χ4v) is 3.72. The monoisotopic (exact) mass is 288 g/mol. The van der Waals surface area contributed by atoms with Crippen molar-refractivity contribution in [2.45, 2.75) is 31.8 Å². The normalized spacial score (nSPS) is 21.6. The molecule has 1 fully saturated rings. The molecule has 0 aliphatic carbocycles. The van der Waals surface area contributed by atoms with Crippen LogP contribution >= 0.6 is 0 Å². The lowest BCUT2D eigenvalue weighted by atomic mass is 10.1. The van der Waals surface area contributed by atoms with Crippen molar-refractivity contribution in [1.82, 2.24) is 24.0 Å². The molecule has 0 saturated carbocycles. The van der Waals surface area contributed by atoms with E-state index in [-0.39, 0.29) is 6.04 Å². The summed E-state index contributed by atoms with van der Waals surface area (Å²) in [6.45, 7) is 1.66. The third kappa shape index (κ3) is 3.72. The molecule has 8 nitrogen and oxygen atoms in total. The first-order chi connectivity index (χ1) is 9.13. The van der Waals surface area contributed by atoms with Crippen molar-refractivity contribution < 1.29 is 8.42 Å². The number of nitrogens with two attached hydrogens (primary N) is 1. The van der Waals surface area contributed by atoms with Crippen LogP contribution in [0.3, 0.4) is 0 Å². The fourth-order valence-electron chi connectivity index (χ4n) is 2.25. The summed E-state index contributed by atoms with van der Waals surface area (Å²) in [6, 6.07) is -0.0855. The van der Waals surface area contributed by atoms with Crippen LogP contribution in [0.1, 0.15) is 19.3 Å². The van der Waals surface area contributed by atoms with E-state index in [9.17, 15) is 8.42 Å². The zero-order chi connectivity index (χ0) is 13.7. The van der Waals surface area contributed by atoms with Crippen molar-refractivity contribution in [2.75, 3.05) is 19.6 Å². The molecular formula is C10H20N6O2S. The molecule has 108 valence electrons. The highest BCUT2D eigenvalue weighted by atomic mass is 32.2. The topological polar surface area (TPSA) is 106 Å². The van der Waals surface area contributed by atoms with Gasteiger partial charge < -0.3 is 5.73 Å². The number of nitrogens with one attached hydrogen (secondary N) is 1. The Bertz CT molecular complexity index is 474. The van der Waals surface area contributed by atoms with E-state index in [1.54, 1.807) is 17.1 Å². The standard InChI is InChI=1S/C10H20N6O2S/c11-9-10-3-1-2-6-16(10)19(17,18)13-5-8-15-7-4-12-14-15/h4,7,10,13H,1-3,5-6,8-9,11H2. The van der Waals surface area contributed by atoms with E-state index >= 15 is 0 Å². The lowest BCUT2D eigenvalue weighted by Crippen LogP contribution is -2.52. The number of hydrogen-bond acceptors (Lipinski definition) is 5. The molecule has 9 heteroatoms. The van der Waals surface area contributed by atoms with Gasteiger partial charge in [-0.15, -0.1) is 5.10 Å². The van der Waals surface area contributed by atoms with Gasteiger partial charge in [-0.2, -0.15) is 12.7 Å². The minimum Gasteiger partial charge on any atom is -0.329 e. The van der Waals surface area contributed by atoms with E-state index in [0.717, 1.165) is 19.3 Å². The van der Waals surface area contributed by atoms with Crippen molar-refractivity contribution in [1.29, 1.82) is 0 Å². The van der Waals surface area contributed by atoms with Crippen LogP contribution in [-0.2, 0) is 16.8 Å². The Morgan fingerprint density at radius 2 is 2.26 bits per heavy atom. The van der Waals surface area contributed by atoms with Crippen molar-refractivity contribution >= 4 is 10.2 Å². The Morgan fingerprint density at radius 1 is 1.42 bits per heavy atom. The molecule has 1 aromatic heterocycles. The molecule has 1 aliphatic heterocycles. The number of hydrogen-bond donors (Lipinski definition) is 2. The number of nitrogens with zero attached hydrogens (tertiary/aromatic N) is 4. The van der Waals surface area contributed by atoms with Crippen LogP contribution in [0, 0.1) is 0 Å². The number of piperidine rings is 1. The van der Waals surface area contributed by atoms with Crippen molar-refractivity contribution in [2.24, 2.45) is 5.73 Å².